The molecule has 0 fully saturated rings. The van der Waals surface area contributed by atoms with E-state index in [0.717, 1.165) is 173 Å². The zero-order valence-electron chi connectivity index (χ0n) is 35.6. The van der Waals surface area contributed by atoms with Crippen molar-refractivity contribution in [3.05, 3.63) is 0 Å². The summed E-state index contributed by atoms with van der Waals surface area (Å²) in [6.07, 6.45) is 27.1. The third kappa shape index (κ3) is 38.1. The van der Waals surface area contributed by atoms with Crippen molar-refractivity contribution < 1.29 is 47.7 Å². The molecule has 0 aliphatic carbocycles. The van der Waals surface area contributed by atoms with Crippen LogP contribution in [0.15, 0.2) is 0 Å². The van der Waals surface area contributed by atoms with E-state index in [1.807, 2.05) is 14.1 Å². The van der Waals surface area contributed by atoms with Crippen LogP contribution in [0.4, 0.5) is 0 Å². The maximum atomic E-state index is 12.6. The number of rotatable bonds is 41. The van der Waals surface area contributed by atoms with Gasteiger partial charge in [0.1, 0.15) is 12.4 Å². The number of methoxy groups -OCH3 is 2. The maximum Gasteiger partial charge on any atom is 0.306 e. The van der Waals surface area contributed by atoms with E-state index in [0.29, 0.717) is 45.5 Å². The van der Waals surface area contributed by atoms with E-state index in [1.165, 1.54) is 7.11 Å². The van der Waals surface area contributed by atoms with Gasteiger partial charge in [-0.05, 0) is 91.3 Å². The van der Waals surface area contributed by atoms with Crippen LogP contribution in [0.5, 0.6) is 0 Å². The molecule has 0 heterocycles. The first-order valence-corrected chi connectivity index (χ1v) is 21.9. The van der Waals surface area contributed by atoms with E-state index >= 15 is 0 Å². The highest BCUT2D eigenvalue weighted by Crippen LogP contribution is 2.18. The smallest absolute Gasteiger partial charge is 0.306 e. The summed E-state index contributed by atoms with van der Waals surface area (Å²) in [5.74, 6) is -0.483. The fourth-order valence-corrected chi connectivity index (χ4v) is 6.53. The zero-order chi connectivity index (χ0) is 40.6. The first kappa shape index (κ1) is 52.5. The number of nitrogens with zero attached hydrogens (tertiary/aromatic N) is 1. The van der Waals surface area contributed by atoms with Crippen LogP contribution < -0.4 is 0 Å². The fraction of sp³-hybridized carbons (Fsp3) is 0.886. The molecule has 0 saturated heterocycles. The number of carbonyl (C=O) groups is 5. The molecule has 0 aromatic carbocycles. The van der Waals surface area contributed by atoms with E-state index in [4.69, 9.17) is 18.9 Å². The Kier molecular flexibility index (Phi) is 37.9. The van der Waals surface area contributed by atoms with Crippen LogP contribution in [0.1, 0.15) is 186 Å². The summed E-state index contributed by atoms with van der Waals surface area (Å²) < 4.78 is 26.4. The van der Waals surface area contributed by atoms with Gasteiger partial charge in [-0.25, -0.2) is 0 Å². The van der Waals surface area contributed by atoms with Gasteiger partial charge in [0.15, 0.2) is 0 Å². The van der Waals surface area contributed by atoms with Gasteiger partial charge in [0.05, 0.1) is 26.9 Å². The average Bonchev–Trinajstić information content (AvgIpc) is 3.16. The topological polar surface area (TPSA) is 135 Å². The van der Waals surface area contributed by atoms with Crippen molar-refractivity contribution >= 4 is 30.2 Å². The summed E-state index contributed by atoms with van der Waals surface area (Å²) in [5, 5.41) is 0. The highest BCUT2D eigenvalue weighted by atomic mass is 16.5. The quantitative estimate of drug-likeness (QED) is 0.0254. The first-order valence-electron chi connectivity index (χ1n) is 21.9. The van der Waals surface area contributed by atoms with E-state index < -0.39 is 0 Å². The van der Waals surface area contributed by atoms with E-state index in [1.54, 1.807) is 7.11 Å². The minimum Gasteiger partial charge on any atom is -0.469 e. The number of esters is 4. The van der Waals surface area contributed by atoms with Gasteiger partial charge < -0.3 is 33.4 Å². The second-order valence-corrected chi connectivity index (χ2v) is 15.4. The van der Waals surface area contributed by atoms with Crippen LogP contribution in [0.2, 0.25) is 0 Å². The van der Waals surface area contributed by atoms with Crippen molar-refractivity contribution in [2.24, 2.45) is 5.92 Å². The van der Waals surface area contributed by atoms with Gasteiger partial charge >= 0.3 is 23.9 Å². The lowest BCUT2D eigenvalue weighted by atomic mass is 10.0. The third-order valence-corrected chi connectivity index (χ3v) is 9.92. The second-order valence-electron chi connectivity index (χ2n) is 15.4. The standard InChI is InChI=1S/C44H81NO10/c1-45(2)34-26-33-44(50)55-40(28-19-11-7-14-22-31-42(48)53-35-24-16-6-5-13-21-30-41(47)52-4)29-20-12-8-15-23-32-43(49)54-36-25-17-9-10-18-27-39(37-46)38-51-3/h37,39-40H,5-36,38H2,1-4H3. The second kappa shape index (κ2) is 39.7. The van der Waals surface area contributed by atoms with Gasteiger partial charge in [-0.15, -0.1) is 0 Å². The Morgan fingerprint density at radius 3 is 1.33 bits per heavy atom. The van der Waals surface area contributed by atoms with Gasteiger partial charge in [0.25, 0.3) is 0 Å². The zero-order valence-corrected chi connectivity index (χ0v) is 35.6. The minimum atomic E-state index is -0.148. The molecule has 0 aromatic rings. The molecule has 0 radical (unpaired) electrons. The summed E-state index contributed by atoms with van der Waals surface area (Å²) in [4.78, 5) is 60.9. The number of aldehydes is 1. The lowest BCUT2D eigenvalue weighted by molar-refractivity contribution is -0.150. The summed E-state index contributed by atoms with van der Waals surface area (Å²) in [7, 11) is 7.05. The molecular formula is C44H81NO10. The normalized spacial score (nSPS) is 12.3. The Hall–Kier alpha value is -2.53. The van der Waals surface area contributed by atoms with E-state index in [9.17, 15) is 24.0 Å². The summed E-state index contributed by atoms with van der Waals surface area (Å²) in [5.41, 5.74) is 0. The van der Waals surface area contributed by atoms with E-state index in [2.05, 4.69) is 9.64 Å². The molecule has 0 aliphatic heterocycles. The van der Waals surface area contributed by atoms with Crippen LogP contribution in [0, 0.1) is 5.92 Å². The van der Waals surface area contributed by atoms with Crippen LogP contribution >= 0.6 is 0 Å². The number of hydrogen-bond donors (Lipinski definition) is 0. The van der Waals surface area contributed by atoms with Gasteiger partial charge in [-0.3, -0.25) is 19.2 Å². The van der Waals surface area contributed by atoms with Gasteiger partial charge in [-0.1, -0.05) is 89.9 Å². The molecule has 11 heteroatoms. The van der Waals surface area contributed by atoms with Crippen molar-refractivity contribution in [3.63, 3.8) is 0 Å². The third-order valence-electron chi connectivity index (χ3n) is 9.92. The van der Waals surface area contributed by atoms with Crippen molar-refractivity contribution in [1.29, 1.82) is 0 Å². The average molecular weight is 784 g/mol. The lowest BCUT2D eigenvalue weighted by Crippen LogP contribution is -2.20. The van der Waals surface area contributed by atoms with Crippen LogP contribution in [0.3, 0.4) is 0 Å². The molecule has 0 N–H and O–H groups in total. The summed E-state index contributed by atoms with van der Waals surface area (Å²) in [6.45, 7) is 2.32. The van der Waals surface area contributed by atoms with Crippen molar-refractivity contribution in [1.82, 2.24) is 4.90 Å². The summed E-state index contributed by atoms with van der Waals surface area (Å²) >= 11 is 0. The molecule has 322 valence electrons. The molecule has 55 heavy (non-hydrogen) atoms. The predicted octanol–water partition coefficient (Wildman–Crippen LogP) is 9.49. The molecule has 0 saturated carbocycles. The van der Waals surface area contributed by atoms with Gasteiger partial charge in [0.2, 0.25) is 0 Å². The fourth-order valence-electron chi connectivity index (χ4n) is 6.53. The largest absolute Gasteiger partial charge is 0.469 e. The molecule has 0 amide bonds. The Balaban J connectivity index is 4.03. The van der Waals surface area contributed by atoms with Crippen LogP contribution in [-0.4, -0.2) is 95.8 Å². The highest BCUT2D eigenvalue weighted by Gasteiger charge is 2.15. The lowest BCUT2D eigenvalue weighted by Gasteiger charge is -2.18. The maximum absolute atomic E-state index is 12.6. The number of unbranched alkanes of at least 4 members (excludes halogenated alkanes) is 17. The molecule has 2 atom stereocenters. The Bertz CT molecular complexity index is 944. The Labute approximate surface area is 335 Å². The SMILES string of the molecule is COCC(C=O)CCCCCCCOC(=O)CCCCCCCC(CCCCCCCC(=O)OCCCCCCCCC(=O)OC)OC(=O)CCCN(C)C. The molecular weight excluding hydrogens is 702 g/mol. The minimum absolute atomic E-state index is 0.00372. The van der Waals surface area contributed by atoms with Crippen LogP contribution in [0.25, 0.3) is 0 Å². The molecule has 11 nitrogen and oxygen atoms in total. The highest BCUT2D eigenvalue weighted by molar-refractivity contribution is 5.70. The number of ether oxygens (including phenoxy) is 5. The summed E-state index contributed by atoms with van der Waals surface area (Å²) in [6, 6.07) is 0. The van der Waals surface area contributed by atoms with Crippen LogP contribution in [-0.2, 0) is 47.7 Å². The molecule has 0 rings (SSSR count). The Morgan fingerprint density at radius 2 is 0.891 bits per heavy atom. The van der Waals surface area contributed by atoms with E-state index in [-0.39, 0.29) is 35.9 Å². The monoisotopic (exact) mass is 784 g/mol. The Morgan fingerprint density at radius 1 is 0.491 bits per heavy atom. The van der Waals surface area contributed by atoms with Gasteiger partial charge in [-0.2, -0.15) is 0 Å². The molecule has 0 aromatic heterocycles. The van der Waals surface area contributed by atoms with Crippen molar-refractivity contribution in [2.75, 3.05) is 54.7 Å². The number of carbonyl (C=O) groups excluding carboxylic acids is 5. The predicted molar refractivity (Wildman–Crippen MR) is 218 cm³/mol. The first-order chi connectivity index (χ1) is 26.7. The molecule has 0 spiro atoms. The van der Waals surface area contributed by atoms with Gasteiger partial charge in [0, 0.05) is 38.7 Å². The molecule has 0 bridgehead atoms. The molecule has 0 aliphatic rings. The molecule has 2 unspecified atom stereocenters. The number of hydrogen-bond acceptors (Lipinski definition) is 11. The van der Waals surface area contributed by atoms with Crippen molar-refractivity contribution in [2.45, 2.75) is 192 Å². The van der Waals surface area contributed by atoms with Crippen molar-refractivity contribution in [3.8, 4) is 0 Å².